The molecule has 0 aliphatic carbocycles. The number of hydrazone groups is 1. The molecular formula is C25H23N7O2. The van der Waals surface area contributed by atoms with Gasteiger partial charge in [0.2, 0.25) is 5.91 Å². The zero-order valence-electron chi connectivity index (χ0n) is 18.3. The van der Waals surface area contributed by atoms with Gasteiger partial charge in [-0.1, -0.05) is 18.2 Å². The van der Waals surface area contributed by atoms with Gasteiger partial charge in [0, 0.05) is 55.1 Å². The van der Waals surface area contributed by atoms with Crippen LogP contribution < -0.4 is 16.5 Å². The average Bonchev–Trinajstić information content (AvgIpc) is 3.30. The van der Waals surface area contributed by atoms with E-state index in [4.69, 9.17) is 11.1 Å². The number of carbonyl (C=O) groups is 2. The molecule has 0 bridgehead atoms. The van der Waals surface area contributed by atoms with Gasteiger partial charge in [0.1, 0.15) is 0 Å². The summed E-state index contributed by atoms with van der Waals surface area (Å²) < 4.78 is 0. The number of carbonyl (C=O) groups excluding carboxylic acids is 2. The van der Waals surface area contributed by atoms with Gasteiger partial charge in [0.05, 0.1) is 11.6 Å². The Morgan fingerprint density at radius 3 is 2.71 bits per heavy atom. The average molecular weight is 454 g/mol. The Kier molecular flexibility index (Phi) is 5.51. The highest BCUT2D eigenvalue weighted by atomic mass is 16.2. The molecule has 2 aliphatic heterocycles. The van der Waals surface area contributed by atoms with Crippen molar-refractivity contribution >= 4 is 35.2 Å². The zero-order chi connectivity index (χ0) is 23.7. The first-order valence-electron chi connectivity index (χ1n) is 10.9. The summed E-state index contributed by atoms with van der Waals surface area (Å²) in [6.07, 6.45) is 5.13. The van der Waals surface area contributed by atoms with Gasteiger partial charge in [0.25, 0.3) is 0 Å². The maximum atomic E-state index is 12.7. The number of nitrogen functional groups attached to an aromatic ring is 1. The van der Waals surface area contributed by atoms with E-state index in [1.165, 1.54) is 6.21 Å². The number of nitrogens with one attached hydrogen (secondary N) is 3. The van der Waals surface area contributed by atoms with Crippen LogP contribution in [0.3, 0.4) is 0 Å². The molecule has 0 saturated carbocycles. The Labute approximate surface area is 196 Å². The van der Waals surface area contributed by atoms with Gasteiger partial charge in [-0.25, -0.2) is 10.2 Å². The number of fused-ring (bicyclic) bond motifs is 1. The number of nitrogens with two attached hydrogens (primary N) is 1. The van der Waals surface area contributed by atoms with Crippen LogP contribution in [0.4, 0.5) is 16.2 Å². The SMILES string of the molecule is N=Cc1cc(C2CC(c3ccc(NC(=O)N4Cc5ccncc5C4)cc3)=NNC2=O)ccc1N. The molecule has 5 rings (SSSR count). The third-order valence-electron chi connectivity index (χ3n) is 6.17. The molecule has 34 heavy (non-hydrogen) atoms. The van der Waals surface area contributed by atoms with Crippen LogP contribution in [-0.4, -0.2) is 33.7 Å². The van der Waals surface area contributed by atoms with Gasteiger partial charge >= 0.3 is 6.03 Å². The minimum atomic E-state index is -0.433. The van der Waals surface area contributed by atoms with Crippen LogP contribution >= 0.6 is 0 Å². The van der Waals surface area contributed by atoms with E-state index in [0.29, 0.717) is 36.4 Å². The number of anilines is 2. The fourth-order valence-electron chi connectivity index (χ4n) is 4.23. The number of rotatable bonds is 4. The molecule has 0 saturated heterocycles. The van der Waals surface area contributed by atoms with Crippen molar-refractivity contribution in [2.24, 2.45) is 5.10 Å². The van der Waals surface area contributed by atoms with Gasteiger partial charge < -0.3 is 21.4 Å². The highest BCUT2D eigenvalue weighted by molar-refractivity contribution is 6.06. The first-order valence-corrected chi connectivity index (χ1v) is 10.9. The van der Waals surface area contributed by atoms with Crippen molar-refractivity contribution in [3.05, 3.63) is 88.7 Å². The van der Waals surface area contributed by atoms with Crippen molar-refractivity contribution in [3.63, 3.8) is 0 Å². The Bertz CT molecular complexity index is 1290. The molecule has 0 fully saturated rings. The minimum Gasteiger partial charge on any atom is -0.398 e. The molecule has 170 valence electrons. The lowest BCUT2D eigenvalue weighted by Gasteiger charge is -2.22. The van der Waals surface area contributed by atoms with E-state index in [1.807, 2.05) is 30.3 Å². The number of hydrogen-bond donors (Lipinski definition) is 4. The Balaban J connectivity index is 1.26. The lowest BCUT2D eigenvalue weighted by atomic mass is 9.88. The van der Waals surface area contributed by atoms with E-state index in [-0.39, 0.29) is 11.9 Å². The van der Waals surface area contributed by atoms with Crippen molar-refractivity contribution in [2.75, 3.05) is 11.1 Å². The van der Waals surface area contributed by atoms with Crippen LogP contribution in [0.2, 0.25) is 0 Å². The number of nitrogens with zero attached hydrogens (tertiary/aromatic N) is 3. The van der Waals surface area contributed by atoms with Crippen molar-refractivity contribution in [1.82, 2.24) is 15.3 Å². The van der Waals surface area contributed by atoms with E-state index in [2.05, 4.69) is 20.8 Å². The molecule has 9 heteroatoms. The van der Waals surface area contributed by atoms with Crippen molar-refractivity contribution in [2.45, 2.75) is 25.4 Å². The smallest absolute Gasteiger partial charge is 0.322 e. The minimum absolute atomic E-state index is 0.170. The van der Waals surface area contributed by atoms with Crippen LogP contribution in [0, 0.1) is 5.41 Å². The lowest BCUT2D eigenvalue weighted by molar-refractivity contribution is -0.122. The van der Waals surface area contributed by atoms with Gasteiger partial charge in [0.15, 0.2) is 0 Å². The maximum Gasteiger partial charge on any atom is 0.322 e. The predicted octanol–water partition coefficient (Wildman–Crippen LogP) is 3.22. The molecule has 2 aromatic carbocycles. The molecule has 2 aliphatic rings. The van der Waals surface area contributed by atoms with E-state index in [9.17, 15) is 9.59 Å². The fraction of sp³-hybridized carbons (Fsp3) is 0.160. The third-order valence-corrected chi connectivity index (χ3v) is 6.17. The van der Waals surface area contributed by atoms with Gasteiger partial charge in [-0.2, -0.15) is 5.10 Å². The first kappa shape index (κ1) is 21.3. The fourth-order valence-corrected chi connectivity index (χ4v) is 4.23. The Hall–Kier alpha value is -4.53. The molecule has 1 unspecified atom stereocenters. The van der Waals surface area contributed by atoms with Crippen LogP contribution in [0.15, 0.2) is 66.0 Å². The van der Waals surface area contributed by atoms with Gasteiger partial charge in [-0.05, 0) is 52.6 Å². The molecule has 0 radical (unpaired) electrons. The summed E-state index contributed by atoms with van der Waals surface area (Å²) in [7, 11) is 0. The summed E-state index contributed by atoms with van der Waals surface area (Å²) in [6.45, 7) is 1.10. The monoisotopic (exact) mass is 453 g/mol. The largest absolute Gasteiger partial charge is 0.398 e. The zero-order valence-corrected chi connectivity index (χ0v) is 18.3. The number of amides is 3. The van der Waals surface area contributed by atoms with Crippen LogP contribution in [-0.2, 0) is 17.9 Å². The molecule has 5 N–H and O–H groups in total. The summed E-state index contributed by atoms with van der Waals surface area (Å²) in [6, 6.07) is 14.4. The third kappa shape index (κ3) is 4.11. The summed E-state index contributed by atoms with van der Waals surface area (Å²) in [5.74, 6) is -0.632. The maximum absolute atomic E-state index is 12.7. The number of hydrogen-bond acceptors (Lipinski definition) is 6. The molecular weight excluding hydrogens is 430 g/mol. The summed E-state index contributed by atoms with van der Waals surface area (Å²) in [5.41, 5.74) is 14.8. The quantitative estimate of drug-likeness (QED) is 0.356. The second kappa shape index (κ2) is 8.78. The molecule has 3 amide bonds. The first-order chi connectivity index (χ1) is 16.5. The number of pyridine rings is 1. The molecule has 9 nitrogen and oxygen atoms in total. The normalized spacial score (nSPS) is 16.9. The van der Waals surface area contributed by atoms with Crippen LogP contribution in [0.1, 0.15) is 40.2 Å². The summed E-state index contributed by atoms with van der Waals surface area (Å²) in [5, 5.41) is 14.7. The Morgan fingerprint density at radius 1 is 1.15 bits per heavy atom. The van der Waals surface area contributed by atoms with E-state index in [1.54, 1.807) is 35.5 Å². The number of aromatic nitrogens is 1. The van der Waals surface area contributed by atoms with E-state index in [0.717, 1.165) is 28.0 Å². The molecule has 3 heterocycles. The Morgan fingerprint density at radius 2 is 1.94 bits per heavy atom. The molecule has 1 atom stereocenters. The molecule has 1 aromatic heterocycles. The van der Waals surface area contributed by atoms with Gasteiger partial charge in [-0.15, -0.1) is 0 Å². The van der Waals surface area contributed by atoms with Crippen LogP contribution in [0.25, 0.3) is 0 Å². The lowest BCUT2D eigenvalue weighted by Crippen LogP contribution is -2.33. The van der Waals surface area contributed by atoms with E-state index < -0.39 is 5.92 Å². The standard InChI is InChI=1S/C25H23N7O2/c26-11-18-9-16(3-6-22(18)27)21-10-23(30-31-24(21)33)15-1-4-20(5-2-15)29-25(34)32-13-17-7-8-28-12-19(17)14-32/h1-9,11-12,21,26H,10,13-14,27H2,(H,29,34)(H,31,33). The second-order valence-electron chi connectivity index (χ2n) is 8.33. The number of urea groups is 1. The van der Waals surface area contributed by atoms with Crippen molar-refractivity contribution < 1.29 is 9.59 Å². The van der Waals surface area contributed by atoms with Gasteiger partial charge in [-0.3, -0.25) is 9.78 Å². The molecule has 3 aromatic rings. The second-order valence-corrected chi connectivity index (χ2v) is 8.33. The molecule has 0 spiro atoms. The number of benzene rings is 2. The summed E-state index contributed by atoms with van der Waals surface area (Å²) in [4.78, 5) is 31.0. The topological polar surface area (TPSA) is 137 Å². The highest BCUT2D eigenvalue weighted by Gasteiger charge is 2.28. The predicted molar refractivity (Wildman–Crippen MR) is 130 cm³/mol. The van der Waals surface area contributed by atoms with E-state index >= 15 is 0 Å². The van der Waals surface area contributed by atoms with Crippen molar-refractivity contribution in [3.8, 4) is 0 Å². The summed E-state index contributed by atoms with van der Waals surface area (Å²) >= 11 is 0. The van der Waals surface area contributed by atoms with Crippen molar-refractivity contribution in [1.29, 1.82) is 5.41 Å². The highest BCUT2D eigenvalue weighted by Crippen LogP contribution is 2.28. The van der Waals surface area contributed by atoms with Crippen LogP contribution in [0.5, 0.6) is 0 Å².